The molecular weight excluding hydrogens is 224 g/mol. The van der Waals surface area contributed by atoms with Crippen LogP contribution in [-0.2, 0) is 0 Å². The van der Waals surface area contributed by atoms with Gasteiger partial charge in [0.15, 0.2) is 0 Å². The average molecular weight is 238 g/mol. The minimum absolute atomic E-state index is 0.229. The first kappa shape index (κ1) is 12.6. The maximum absolute atomic E-state index is 10.5. The van der Waals surface area contributed by atoms with Crippen molar-refractivity contribution in [3.63, 3.8) is 0 Å². The van der Waals surface area contributed by atoms with E-state index in [1.165, 1.54) is 14.2 Å². The number of rotatable bonds is 3. The van der Waals surface area contributed by atoms with E-state index in [1.54, 1.807) is 18.2 Å². The molecule has 2 amide bonds. The normalized spacial score (nSPS) is 9.29. The first-order chi connectivity index (χ1) is 8.05. The van der Waals surface area contributed by atoms with Gasteiger partial charge in [-0.15, -0.1) is 0 Å². The quantitative estimate of drug-likeness (QED) is 0.459. The van der Waals surface area contributed by atoms with Crippen molar-refractivity contribution in [3.8, 4) is 11.5 Å². The van der Waals surface area contributed by atoms with Crippen molar-refractivity contribution in [1.29, 1.82) is 5.41 Å². The van der Waals surface area contributed by atoms with Crippen LogP contribution < -0.4 is 25.8 Å². The number of urea groups is 1. The number of hydrogen-bond donors (Lipinski definition) is 4. The fourth-order valence-corrected chi connectivity index (χ4v) is 1.18. The monoisotopic (exact) mass is 238 g/mol. The Hall–Kier alpha value is -2.44. The Kier molecular flexibility index (Phi) is 4.15. The van der Waals surface area contributed by atoms with Crippen LogP contribution in [0.2, 0.25) is 0 Å². The topological polar surface area (TPSA) is 109 Å². The van der Waals surface area contributed by atoms with E-state index in [4.69, 9.17) is 20.6 Å². The highest BCUT2D eigenvalue weighted by atomic mass is 16.5. The third-order valence-electron chi connectivity index (χ3n) is 1.87. The number of ether oxygens (including phenoxy) is 2. The number of carbonyl (C=O) groups is 1. The molecule has 7 nitrogen and oxygen atoms in total. The largest absolute Gasteiger partial charge is 0.497 e. The molecule has 0 bridgehead atoms. The van der Waals surface area contributed by atoms with Crippen LogP contribution in [0.15, 0.2) is 18.2 Å². The summed E-state index contributed by atoms with van der Waals surface area (Å²) in [5, 5.41) is 12.1. The number of benzene rings is 1. The van der Waals surface area contributed by atoms with E-state index in [1.807, 2.05) is 0 Å². The molecule has 5 N–H and O–H groups in total. The van der Waals surface area contributed by atoms with Gasteiger partial charge in [-0.05, 0) is 0 Å². The molecule has 0 radical (unpaired) electrons. The molecule has 17 heavy (non-hydrogen) atoms. The van der Waals surface area contributed by atoms with Gasteiger partial charge in [0.1, 0.15) is 11.5 Å². The lowest BCUT2D eigenvalue weighted by Gasteiger charge is -2.11. The third kappa shape index (κ3) is 3.90. The van der Waals surface area contributed by atoms with Crippen molar-refractivity contribution >= 4 is 17.7 Å². The van der Waals surface area contributed by atoms with Gasteiger partial charge in [0.25, 0.3) is 0 Å². The molecular formula is C10H14N4O3. The molecule has 0 aromatic heterocycles. The summed E-state index contributed by atoms with van der Waals surface area (Å²) in [5.41, 5.74) is 5.42. The Bertz CT molecular complexity index is 411. The van der Waals surface area contributed by atoms with Gasteiger partial charge in [-0.1, -0.05) is 0 Å². The number of nitrogens with one attached hydrogen (secondary N) is 3. The second kappa shape index (κ2) is 5.59. The fourth-order valence-electron chi connectivity index (χ4n) is 1.18. The summed E-state index contributed by atoms with van der Waals surface area (Å²) in [6, 6.07) is 4.19. The number of anilines is 1. The lowest BCUT2D eigenvalue weighted by atomic mass is 10.3. The number of nitrogens with two attached hydrogens (primary N) is 1. The molecule has 92 valence electrons. The highest BCUT2D eigenvalue weighted by Crippen LogP contribution is 2.25. The Morgan fingerprint density at radius 2 is 1.76 bits per heavy atom. The van der Waals surface area contributed by atoms with E-state index in [0.717, 1.165) is 0 Å². The van der Waals surface area contributed by atoms with Crippen molar-refractivity contribution in [2.75, 3.05) is 19.5 Å². The van der Waals surface area contributed by atoms with Gasteiger partial charge in [0, 0.05) is 23.9 Å². The lowest BCUT2D eigenvalue weighted by molar-refractivity contribution is 0.253. The Balaban J connectivity index is 2.82. The van der Waals surface area contributed by atoms with Gasteiger partial charge in [0.05, 0.1) is 14.2 Å². The third-order valence-corrected chi connectivity index (χ3v) is 1.87. The van der Waals surface area contributed by atoms with E-state index in [0.29, 0.717) is 17.2 Å². The van der Waals surface area contributed by atoms with Crippen molar-refractivity contribution in [3.05, 3.63) is 18.2 Å². The maximum atomic E-state index is 10.5. The van der Waals surface area contributed by atoms with E-state index in [2.05, 4.69) is 10.6 Å². The lowest BCUT2D eigenvalue weighted by Crippen LogP contribution is -2.38. The van der Waals surface area contributed by atoms with E-state index < -0.39 is 6.03 Å². The Morgan fingerprint density at radius 3 is 2.18 bits per heavy atom. The molecule has 0 saturated heterocycles. The minimum Gasteiger partial charge on any atom is -0.497 e. The van der Waals surface area contributed by atoms with E-state index in [9.17, 15) is 4.79 Å². The molecule has 0 heterocycles. The molecule has 0 saturated carbocycles. The van der Waals surface area contributed by atoms with Crippen LogP contribution in [0, 0.1) is 5.41 Å². The smallest absolute Gasteiger partial charge is 0.318 e. The molecule has 0 aliphatic heterocycles. The number of amides is 2. The fraction of sp³-hybridized carbons (Fsp3) is 0.200. The Morgan fingerprint density at radius 1 is 1.24 bits per heavy atom. The van der Waals surface area contributed by atoms with Gasteiger partial charge >= 0.3 is 6.03 Å². The molecule has 1 rings (SSSR count). The van der Waals surface area contributed by atoms with Crippen LogP contribution >= 0.6 is 0 Å². The van der Waals surface area contributed by atoms with Crippen molar-refractivity contribution in [1.82, 2.24) is 5.32 Å². The summed E-state index contributed by atoms with van der Waals surface area (Å²) in [5.74, 6) is 0.908. The SMILES string of the molecule is COc1cc(NC(=N)NC(N)=O)cc(OC)c1. The molecule has 1 aromatic rings. The predicted molar refractivity (Wildman–Crippen MR) is 63.6 cm³/mol. The highest BCUT2D eigenvalue weighted by molar-refractivity contribution is 6.01. The molecule has 0 unspecified atom stereocenters. The van der Waals surface area contributed by atoms with Crippen molar-refractivity contribution in [2.24, 2.45) is 5.73 Å². The Labute approximate surface area is 98.4 Å². The molecule has 0 spiro atoms. The van der Waals surface area contributed by atoms with Crippen molar-refractivity contribution in [2.45, 2.75) is 0 Å². The first-order valence-electron chi connectivity index (χ1n) is 4.70. The van der Waals surface area contributed by atoms with E-state index in [-0.39, 0.29) is 5.96 Å². The van der Waals surface area contributed by atoms with Gasteiger partial charge in [-0.25, -0.2) is 4.79 Å². The van der Waals surface area contributed by atoms with Gasteiger partial charge in [-0.2, -0.15) is 0 Å². The summed E-state index contributed by atoms with van der Waals surface area (Å²) >= 11 is 0. The highest BCUT2D eigenvalue weighted by Gasteiger charge is 2.04. The number of guanidine groups is 1. The number of hydrogen-bond acceptors (Lipinski definition) is 4. The van der Waals surface area contributed by atoms with Crippen LogP contribution in [0.1, 0.15) is 0 Å². The van der Waals surface area contributed by atoms with Gasteiger partial charge < -0.3 is 20.5 Å². The standard InChI is InChI=1S/C10H14N4O3/c1-16-7-3-6(4-8(5-7)17-2)13-9(11)14-10(12)15/h3-5H,1-2H3,(H5,11,12,13,14,15). The predicted octanol–water partition coefficient (Wildman–Crippen LogP) is 0.719. The second-order valence-corrected chi connectivity index (χ2v) is 3.09. The molecule has 0 aliphatic carbocycles. The van der Waals surface area contributed by atoms with Crippen LogP contribution in [0.5, 0.6) is 11.5 Å². The summed E-state index contributed by atoms with van der Waals surface area (Å²) in [6.45, 7) is 0. The molecule has 0 fully saturated rings. The molecule has 7 heteroatoms. The second-order valence-electron chi connectivity index (χ2n) is 3.09. The van der Waals surface area contributed by atoms with Crippen LogP contribution in [0.25, 0.3) is 0 Å². The summed E-state index contributed by atoms with van der Waals surface area (Å²) in [7, 11) is 3.04. The van der Waals surface area contributed by atoms with Crippen LogP contribution in [0.4, 0.5) is 10.5 Å². The average Bonchev–Trinajstić information content (AvgIpc) is 2.27. The summed E-state index contributed by atoms with van der Waals surface area (Å²) in [4.78, 5) is 10.5. The summed E-state index contributed by atoms with van der Waals surface area (Å²) in [6.07, 6.45) is 0. The van der Waals surface area contributed by atoms with Crippen LogP contribution in [-0.4, -0.2) is 26.2 Å². The molecule has 0 aliphatic rings. The maximum Gasteiger partial charge on any atom is 0.318 e. The molecule has 1 aromatic carbocycles. The van der Waals surface area contributed by atoms with Crippen LogP contribution in [0.3, 0.4) is 0 Å². The number of methoxy groups -OCH3 is 2. The molecule has 0 atom stereocenters. The summed E-state index contributed by atoms with van der Waals surface area (Å²) < 4.78 is 10.1. The van der Waals surface area contributed by atoms with Gasteiger partial charge in [0.2, 0.25) is 5.96 Å². The zero-order valence-corrected chi connectivity index (χ0v) is 9.53. The first-order valence-corrected chi connectivity index (χ1v) is 4.70. The number of carbonyl (C=O) groups excluding carboxylic acids is 1. The minimum atomic E-state index is -0.808. The van der Waals surface area contributed by atoms with Gasteiger partial charge in [-0.3, -0.25) is 10.7 Å². The zero-order valence-electron chi connectivity index (χ0n) is 9.53. The number of primary amides is 1. The zero-order chi connectivity index (χ0) is 12.8. The van der Waals surface area contributed by atoms with E-state index >= 15 is 0 Å². The van der Waals surface area contributed by atoms with Crippen molar-refractivity contribution < 1.29 is 14.3 Å².